The zero-order valence-electron chi connectivity index (χ0n) is 11.7. The maximum absolute atomic E-state index is 5.76. The van der Waals surface area contributed by atoms with Crippen molar-refractivity contribution in [2.24, 2.45) is 0 Å². The smallest absolute Gasteiger partial charge is 0.0598 e. The van der Waals surface area contributed by atoms with Gasteiger partial charge in [0.1, 0.15) is 0 Å². The second-order valence-electron chi connectivity index (χ2n) is 5.95. The highest BCUT2D eigenvalue weighted by atomic mass is 28.3. The third-order valence-corrected chi connectivity index (χ3v) is 6.53. The quantitative estimate of drug-likeness (QED) is 0.481. The van der Waals surface area contributed by atoms with Crippen LogP contribution in [0.3, 0.4) is 0 Å². The zero-order chi connectivity index (χ0) is 12.1. The van der Waals surface area contributed by atoms with E-state index in [-0.39, 0.29) is 14.4 Å². The van der Waals surface area contributed by atoms with Crippen LogP contribution in [0.15, 0.2) is 0 Å². The molecule has 0 amide bonds. The molecule has 0 aliphatic rings. The molecule has 0 saturated heterocycles. The monoisotopic (exact) mass is 229 g/mol. The lowest BCUT2D eigenvalue weighted by Crippen LogP contribution is -2.23. The molecule has 1 radical (unpaired) electrons. The predicted octanol–water partition coefficient (Wildman–Crippen LogP) is 4.51. The van der Waals surface area contributed by atoms with Gasteiger partial charge in [-0.05, 0) is 27.2 Å². The van der Waals surface area contributed by atoms with Crippen LogP contribution in [0.25, 0.3) is 0 Å². The van der Waals surface area contributed by atoms with Gasteiger partial charge in [0.2, 0.25) is 0 Å². The summed E-state index contributed by atoms with van der Waals surface area (Å²) in [5.41, 5.74) is 1.82. The van der Waals surface area contributed by atoms with Crippen LogP contribution < -0.4 is 0 Å². The first-order valence-corrected chi connectivity index (χ1v) is 8.09. The van der Waals surface area contributed by atoms with Crippen molar-refractivity contribution in [3.8, 4) is 0 Å². The Morgan fingerprint density at radius 1 is 1.00 bits per heavy atom. The van der Waals surface area contributed by atoms with Gasteiger partial charge < -0.3 is 4.74 Å². The molecule has 0 N–H and O–H groups in total. The largest absolute Gasteiger partial charge is 0.376 e. The average molecular weight is 229 g/mol. The van der Waals surface area contributed by atoms with Crippen LogP contribution in [0.4, 0.5) is 0 Å². The van der Waals surface area contributed by atoms with Crippen molar-refractivity contribution in [1.29, 1.82) is 0 Å². The zero-order valence-corrected chi connectivity index (χ0v) is 12.7. The Morgan fingerprint density at radius 2 is 1.47 bits per heavy atom. The van der Waals surface area contributed by atoms with E-state index in [0.717, 1.165) is 17.7 Å². The van der Waals surface area contributed by atoms with E-state index in [9.17, 15) is 0 Å². The van der Waals surface area contributed by atoms with Crippen LogP contribution in [-0.4, -0.2) is 21.0 Å². The van der Waals surface area contributed by atoms with Gasteiger partial charge in [0, 0.05) is 6.61 Å². The van der Waals surface area contributed by atoms with Gasteiger partial charge in [-0.15, -0.1) is 0 Å². The van der Waals surface area contributed by atoms with Gasteiger partial charge in [-0.1, -0.05) is 44.8 Å². The van der Waals surface area contributed by atoms with Gasteiger partial charge in [0.25, 0.3) is 0 Å². The van der Waals surface area contributed by atoms with E-state index in [1.165, 1.54) is 12.5 Å². The van der Waals surface area contributed by atoms with Gasteiger partial charge in [-0.3, -0.25) is 0 Å². The lowest BCUT2D eigenvalue weighted by molar-refractivity contribution is -0.00243. The lowest BCUT2D eigenvalue weighted by Gasteiger charge is -2.24. The van der Waals surface area contributed by atoms with Gasteiger partial charge in [0.15, 0.2) is 0 Å². The molecule has 0 aromatic heterocycles. The molecule has 0 aliphatic carbocycles. The van der Waals surface area contributed by atoms with E-state index in [1.54, 1.807) is 0 Å². The summed E-state index contributed by atoms with van der Waals surface area (Å²) in [5, 5.41) is 0. The fourth-order valence-electron chi connectivity index (χ4n) is 1.90. The molecule has 0 rings (SSSR count). The normalized spacial score (nSPS) is 13.2. The van der Waals surface area contributed by atoms with E-state index in [2.05, 4.69) is 48.5 Å². The fourth-order valence-corrected chi connectivity index (χ4v) is 4.94. The molecular weight excluding hydrogens is 200 g/mol. The summed E-state index contributed by atoms with van der Waals surface area (Å²) in [7, 11) is -0.176. The molecule has 0 aliphatic heterocycles. The summed E-state index contributed by atoms with van der Waals surface area (Å²) in [4.78, 5) is 0. The molecule has 0 fully saturated rings. The minimum absolute atomic E-state index is 0.0303. The maximum atomic E-state index is 5.76. The third-order valence-electron chi connectivity index (χ3n) is 2.63. The molecule has 0 heterocycles. The van der Waals surface area contributed by atoms with Crippen molar-refractivity contribution in [1.82, 2.24) is 0 Å². The second kappa shape index (κ2) is 6.69. The minimum atomic E-state index is -0.176. The van der Waals surface area contributed by atoms with E-state index < -0.39 is 0 Å². The molecule has 2 heteroatoms. The van der Waals surface area contributed by atoms with E-state index in [1.807, 2.05) is 0 Å². The molecule has 15 heavy (non-hydrogen) atoms. The van der Waals surface area contributed by atoms with Crippen molar-refractivity contribution < 1.29 is 4.74 Å². The highest BCUT2D eigenvalue weighted by Crippen LogP contribution is 2.24. The average Bonchev–Trinajstić information content (AvgIpc) is 2.00. The molecule has 0 bridgehead atoms. The summed E-state index contributed by atoms with van der Waals surface area (Å²) in [6.45, 7) is 16.8. The first-order chi connectivity index (χ1) is 6.74. The Balaban J connectivity index is 3.73. The molecule has 0 atom stereocenters. The van der Waals surface area contributed by atoms with Crippen LogP contribution in [-0.2, 0) is 4.74 Å². The van der Waals surface area contributed by atoms with Crippen LogP contribution in [0.2, 0.25) is 17.1 Å². The van der Waals surface area contributed by atoms with Crippen molar-refractivity contribution in [3.63, 3.8) is 0 Å². The molecule has 0 unspecified atom stereocenters. The number of hydrogen-bond acceptors (Lipinski definition) is 1. The Morgan fingerprint density at radius 3 is 1.80 bits per heavy atom. The first-order valence-electron chi connectivity index (χ1n) is 6.23. The van der Waals surface area contributed by atoms with Crippen molar-refractivity contribution >= 4 is 8.80 Å². The van der Waals surface area contributed by atoms with Gasteiger partial charge >= 0.3 is 0 Å². The third kappa shape index (κ3) is 8.03. The maximum Gasteiger partial charge on any atom is 0.0598 e. The Labute approximate surface area is 98.2 Å². The lowest BCUT2D eigenvalue weighted by atomic mass is 10.2. The van der Waals surface area contributed by atoms with Gasteiger partial charge in [-0.2, -0.15) is 0 Å². The summed E-state index contributed by atoms with van der Waals surface area (Å²) >= 11 is 0. The van der Waals surface area contributed by atoms with E-state index >= 15 is 0 Å². The Bertz CT molecular complexity index is 150. The van der Waals surface area contributed by atoms with Crippen molar-refractivity contribution in [2.75, 3.05) is 6.61 Å². The van der Waals surface area contributed by atoms with Crippen LogP contribution in [0.1, 0.15) is 54.9 Å². The molecule has 1 nitrogen and oxygen atoms in total. The van der Waals surface area contributed by atoms with Crippen molar-refractivity contribution in [2.45, 2.75) is 77.6 Å². The standard InChI is InChI=1S/C13H29OSi/c1-11(2)15(12(3)4)10-8-9-14-13(5,6)7/h11-12H,8-10H2,1-7H3. The predicted molar refractivity (Wildman–Crippen MR) is 71.1 cm³/mol. The second-order valence-corrected chi connectivity index (χ2v) is 9.91. The Hall–Kier alpha value is 0.177. The van der Waals surface area contributed by atoms with Gasteiger partial charge in [0.05, 0.1) is 14.4 Å². The summed E-state index contributed by atoms with van der Waals surface area (Å²) in [6.07, 6.45) is 1.24. The molecule has 0 saturated carbocycles. The molecule has 0 aromatic carbocycles. The van der Waals surface area contributed by atoms with E-state index in [4.69, 9.17) is 4.74 Å². The summed E-state index contributed by atoms with van der Waals surface area (Å²) in [6, 6.07) is 1.40. The number of ether oxygens (including phenoxy) is 1. The Kier molecular flexibility index (Phi) is 6.77. The highest BCUT2D eigenvalue weighted by Gasteiger charge is 2.19. The fraction of sp³-hybridized carbons (Fsp3) is 1.00. The SMILES string of the molecule is CC(C)[Si](CCCOC(C)(C)C)C(C)C. The van der Waals surface area contributed by atoms with Crippen molar-refractivity contribution in [3.05, 3.63) is 0 Å². The van der Waals surface area contributed by atoms with Gasteiger partial charge in [-0.25, -0.2) is 0 Å². The molecule has 0 spiro atoms. The topological polar surface area (TPSA) is 9.23 Å². The highest BCUT2D eigenvalue weighted by molar-refractivity contribution is 6.61. The number of rotatable bonds is 6. The van der Waals surface area contributed by atoms with Crippen LogP contribution in [0, 0.1) is 0 Å². The van der Waals surface area contributed by atoms with Crippen LogP contribution in [0.5, 0.6) is 0 Å². The number of hydrogen-bond donors (Lipinski definition) is 0. The summed E-state index contributed by atoms with van der Waals surface area (Å²) in [5.74, 6) is 0. The molecule has 0 aromatic rings. The molecule has 91 valence electrons. The minimum Gasteiger partial charge on any atom is -0.376 e. The molecular formula is C13H29OSi. The first kappa shape index (κ1) is 15.2. The van der Waals surface area contributed by atoms with E-state index in [0.29, 0.717) is 0 Å². The summed E-state index contributed by atoms with van der Waals surface area (Å²) < 4.78 is 5.76. The van der Waals surface area contributed by atoms with Crippen LogP contribution >= 0.6 is 0 Å².